The Balaban J connectivity index is 2.23. The number of rotatable bonds is 2. The van der Waals surface area contributed by atoms with E-state index >= 15 is 0 Å². The summed E-state index contributed by atoms with van der Waals surface area (Å²) >= 11 is 0. The van der Waals surface area contributed by atoms with Crippen molar-refractivity contribution in [2.45, 2.75) is 6.92 Å². The Kier molecular flexibility index (Phi) is 3.37. The average Bonchev–Trinajstić information content (AvgIpc) is 2.36. The molecular formula is C14H13FN2O2. The zero-order valence-electron chi connectivity index (χ0n) is 10.3. The molecule has 0 atom stereocenters. The molecule has 0 aromatic heterocycles. The molecule has 0 aliphatic carbocycles. The van der Waals surface area contributed by atoms with E-state index in [2.05, 4.69) is 5.32 Å². The van der Waals surface area contributed by atoms with Gasteiger partial charge in [-0.15, -0.1) is 0 Å². The highest BCUT2D eigenvalue weighted by Crippen LogP contribution is 2.21. The molecule has 1 amide bonds. The van der Waals surface area contributed by atoms with Gasteiger partial charge >= 0.3 is 0 Å². The third-order valence-electron chi connectivity index (χ3n) is 2.72. The van der Waals surface area contributed by atoms with Crippen molar-refractivity contribution in [3.63, 3.8) is 0 Å². The van der Waals surface area contributed by atoms with Crippen LogP contribution < -0.4 is 11.1 Å². The number of phenols is 1. The lowest BCUT2D eigenvalue weighted by molar-refractivity contribution is 0.102. The van der Waals surface area contributed by atoms with Crippen LogP contribution in [0.25, 0.3) is 0 Å². The number of amides is 1. The molecule has 0 bridgehead atoms. The molecule has 0 spiro atoms. The van der Waals surface area contributed by atoms with E-state index in [9.17, 15) is 14.3 Å². The number of phenolic OH excluding ortho intramolecular Hbond substituents is 1. The summed E-state index contributed by atoms with van der Waals surface area (Å²) in [5.74, 6) is -0.947. The molecule has 0 saturated heterocycles. The smallest absolute Gasteiger partial charge is 0.255 e. The Bertz CT molecular complexity index is 641. The number of hydrogen-bond acceptors (Lipinski definition) is 3. The number of anilines is 2. The predicted octanol–water partition coefficient (Wildman–Crippen LogP) is 2.67. The minimum atomic E-state index is -0.630. The number of halogens is 1. The number of aryl methyl sites for hydroxylation is 1. The zero-order valence-corrected chi connectivity index (χ0v) is 10.3. The van der Waals surface area contributed by atoms with Crippen molar-refractivity contribution < 1.29 is 14.3 Å². The maximum Gasteiger partial charge on any atom is 0.255 e. The first-order valence-corrected chi connectivity index (χ1v) is 5.63. The molecule has 0 heterocycles. The highest BCUT2D eigenvalue weighted by molar-refractivity contribution is 6.04. The quantitative estimate of drug-likeness (QED) is 0.574. The summed E-state index contributed by atoms with van der Waals surface area (Å²) in [6, 6.07) is 8.44. The summed E-state index contributed by atoms with van der Waals surface area (Å²) in [7, 11) is 0. The molecule has 5 heteroatoms. The first kappa shape index (κ1) is 12.9. The Morgan fingerprint density at radius 3 is 2.63 bits per heavy atom. The van der Waals surface area contributed by atoms with E-state index in [-0.39, 0.29) is 17.0 Å². The number of nitrogen functional groups attached to an aromatic ring is 1. The standard InChI is InChI=1S/C14H13FN2O2/c1-8-6-10(18)3-5-13(8)17-14(19)9-2-4-12(16)11(15)7-9/h2-7,18H,16H2,1H3,(H,17,19). The molecule has 2 aromatic carbocycles. The first-order valence-electron chi connectivity index (χ1n) is 5.63. The summed E-state index contributed by atoms with van der Waals surface area (Å²) in [6.45, 7) is 1.75. The summed E-state index contributed by atoms with van der Waals surface area (Å²) in [6.07, 6.45) is 0. The Hall–Kier alpha value is -2.56. The molecule has 0 saturated carbocycles. The van der Waals surface area contributed by atoms with Gasteiger partial charge in [0.05, 0.1) is 5.69 Å². The Morgan fingerprint density at radius 2 is 2.00 bits per heavy atom. The Morgan fingerprint density at radius 1 is 1.26 bits per heavy atom. The third kappa shape index (κ3) is 2.82. The zero-order chi connectivity index (χ0) is 14.0. The average molecular weight is 260 g/mol. The van der Waals surface area contributed by atoms with Crippen LogP contribution in [0, 0.1) is 12.7 Å². The fourth-order valence-corrected chi connectivity index (χ4v) is 1.65. The molecule has 0 aliphatic rings. The van der Waals surface area contributed by atoms with Crippen LogP contribution >= 0.6 is 0 Å². The fourth-order valence-electron chi connectivity index (χ4n) is 1.65. The van der Waals surface area contributed by atoms with Crippen LogP contribution in [-0.2, 0) is 0 Å². The van der Waals surface area contributed by atoms with Crippen LogP contribution in [0.1, 0.15) is 15.9 Å². The number of benzene rings is 2. The number of aromatic hydroxyl groups is 1. The molecule has 0 aliphatic heterocycles. The minimum absolute atomic E-state index is 0.00244. The largest absolute Gasteiger partial charge is 0.508 e. The van der Waals surface area contributed by atoms with Gasteiger partial charge in [-0.3, -0.25) is 4.79 Å². The van der Waals surface area contributed by atoms with E-state index < -0.39 is 11.7 Å². The van der Waals surface area contributed by atoms with Gasteiger partial charge in [0.1, 0.15) is 11.6 Å². The molecule has 2 rings (SSSR count). The van der Waals surface area contributed by atoms with Crippen LogP contribution in [0.3, 0.4) is 0 Å². The SMILES string of the molecule is Cc1cc(O)ccc1NC(=O)c1ccc(N)c(F)c1. The van der Waals surface area contributed by atoms with E-state index in [1.165, 1.54) is 24.3 Å². The van der Waals surface area contributed by atoms with Gasteiger partial charge in [0.15, 0.2) is 0 Å². The minimum Gasteiger partial charge on any atom is -0.508 e. The van der Waals surface area contributed by atoms with Gasteiger partial charge in [0.2, 0.25) is 0 Å². The van der Waals surface area contributed by atoms with Crippen LogP contribution in [0.4, 0.5) is 15.8 Å². The molecule has 0 radical (unpaired) electrons. The first-order chi connectivity index (χ1) is 8.97. The number of hydrogen-bond donors (Lipinski definition) is 3. The van der Waals surface area contributed by atoms with Gasteiger partial charge in [-0.1, -0.05) is 0 Å². The predicted molar refractivity (Wildman–Crippen MR) is 71.6 cm³/mol. The van der Waals surface area contributed by atoms with E-state index in [4.69, 9.17) is 5.73 Å². The van der Waals surface area contributed by atoms with Crippen molar-refractivity contribution in [1.82, 2.24) is 0 Å². The molecule has 0 unspecified atom stereocenters. The van der Waals surface area contributed by atoms with Crippen LogP contribution in [0.5, 0.6) is 5.75 Å². The van der Waals surface area contributed by atoms with Crippen molar-refractivity contribution in [2.24, 2.45) is 0 Å². The van der Waals surface area contributed by atoms with Gasteiger partial charge in [-0.25, -0.2) is 4.39 Å². The van der Waals surface area contributed by atoms with Gasteiger partial charge in [-0.2, -0.15) is 0 Å². The second-order valence-corrected chi connectivity index (χ2v) is 4.19. The number of nitrogens with two attached hydrogens (primary N) is 1. The maximum absolute atomic E-state index is 13.3. The second kappa shape index (κ2) is 4.97. The van der Waals surface area contributed by atoms with Gasteiger partial charge in [0.25, 0.3) is 5.91 Å². The van der Waals surface area contributed by atoms with E-state index in [0.29, 0.717) is 11.3 Å². The molecule has 4 nitrogen and oxygen atoms in total. The second-order valence-electron chi connectivity index (χ2n) is 4.19. The van der Waals surface area contributed by atoms with Gasteiger partial charge < -0.3 is 16.2 Å². The highest BCUT2D eigenvalue weighted by atomic mass is 19.1. The van der Waals surface area contributed by atoms with E-state index in [0.717, 1.165) is 6.07 Å². The molecule has 19 heavy (non-hydrogen) atoms. The van der Waals surface area contributed by atoms with E-state index in [1.54, 1.807) is 13.0 Å². The summed E-state index contributed by atoms with van der Waals surface area (Å²) in [5.41, 5.74) is 6.79. The lowest BCUT2D eigenvalue weighted by Gasteiger charge is -2.09. The van der Waals surface area contributed by atoms with Crippen molar-refractivity contribution in [3.8, 4) is 5.75 Å². The molecule has 98 valence electrons. The monoisotopic (exact) mass is 260 g/mol. The van der Waals surface area contributed by atoms with Crippen molar-refractivity contribution in [3.05, 3.63) is 53.3 Å². The van der Waals surface area contributed by atoms with Crippen LogP contribution in [-0.4, -0.2) is 11.0 Å². The lowest BCUT2D eigenvalue weighted by Crippen LogP contribution is -2.13. The van der Waals surface area contributed by atoms with Crippen molar-refractivity contribution >= 4 is 17.3 Å². The fraction of sp³-hybridized carbons (Fsp3) is 0.0714. The Labute approximate surface area is 109 Å². The van der Waals surface area contributed by atoms with Crippen LogP contribution in [0.2, 0.25) is 0 Å². The lowest BCUT2D eigenvalue weighted by atomic mass is 10.1. The summed E-state index contributed by atoms with van der Waals surface area (Å²) in [4.78, 5) is 11.9. The van der Waals surface area contributed by atoms with Gasteiger partial charge in [-0.05, 0) is 48.9 Å². The summed E-state index contributed by atoms with van der Waals surface area (Å²) < 4.78 is 13.3. The number of carbonyl (C=O) groups excluding carboxylic acids is 1. The molecule has 4 N–H and O–H groups in total. The third-order valence-corrected chi connectivity index (χ3v) is 2.72. The van der Waals surface area contributed by atoms with Crippen molar-refractivity contribution in [2.75, 3.05) is 11.1 Å². The number of carbonyl (C=O) groups is 1. The maximum atomic E-state index is 13.3. The summed E-state index contributed by atoms with van der Waals surface area (Å²) in [5, 5.41) is 11.9. The van der Waals surface area contributed by atoms with Gasteiger partial charge in [0, 0.05) is 11.3 Å². The number of nitrogens with one attached hydrogen (secondary N) is 1. The molecular weight excluding hydrogens is 247 g/mol. The van der Waals surface area contributed by atoms with Crippen LogP contribution in [0.15, 0.2) is 36.4 Å². The van der Waals surface area contributed by atoms with Crippen molar-refractivity contribution in [1.29, 1.82) is 0 Å². The topological polar surface area (TPSA) is 75.3 Å². The molecule has 0 fully saturated rings. The molecule has 2 aromatic rings. The normalized spacial score (nSPS) is 10.2. The highest BCUT2D eigenvalue weighted by Gasteiger charge is 2.10. The van der Waals surface area contributed by atoms with E-state index in [1.807, 2.05) is 0 Å².